The summed E-state index contributed by atoms with van der Waals surface area (Å²) in [6, 6.07) is 8.06. The van der Waals surface area contributed by atoms with E-state index in [0.717, 1.165) is 43.6 Å². The molecule has 0 aliphatic carbocycles. The number of carbonyl (C=O) groups is 2. The van der Waals surface area contributed by atoms with Crippen LogP contribution in [0.1, 0.15) is 44.1 Å². The number of nitrogens with one attached hydrogen (secondary N) is 2. The smallest absolute Gasteiger partial charge is 0.222 e. The van der Waals surface area contributed by atoms with E-state index >= 15 is 0 Å². The fraction of sp³-hybridized carbons (Fsp3) is 0.524. The second kappa shape index (κ2) is 10.3. The van der Waals surface area contributed by atoms with Crippen molar-refractivity contribution in [3.8, 4) is 11.4 Å². The third-order valence-electron chi connectivity index (χ3n) is 5.23. The van der Waals surface area contributed by atoms with Crippen molar-refractivity contribution < 1.29 is 9.59 Å². The maximum atomic E-state index is 12.2. The molecule has 0 radical (unpaired) electrons. The number of nitrogens with zero attached hydrogens (tertiary/aromatic N) is 3. The summed E-state index contributed by atoms with van der Waals surface area (Å²) in [6.45, 7) is 4.63. The molecule has 1 aromatic heterocycles. The Balaban J connectivity index is 1.45. The summed E-state index contributed by atoms with van der Waals surface area (Å²) in [5.41, 5.74) is 2.14. The molecule has 3 rings (SSSR count). The fourth-order valence-corrected chi connectivity index (χ4v) is 3.75. The normalized spacial score (nSPS) is 14.7. The van der Waals surface area contributed by atoms with E-state index in [1.807, 2.05) is 40.7 Å². The summed E-state index contributed by atoms with van der Waals surface area (Å²) in [5.74, 6) is 0.958. The van der Waals surface area contributed by atoms with Crippen molar-refractivity contribution in [1.82, 2.24) is 25.0 Å². The SMILES string of the molecule is Cc1ccc(-c2n[nH]c(=S)n2CCC(=O)NCCCN2CCCCCC2=O)cc1. The lowest BCUT2D eigenvalue weighted by Gasteiger charge is -2.20. The molecule has 1 saturated heterocycles. The molecule has 0 unspecified atom stereocenters. The molecule has 1 aromatic carbocycles. The van der Waals surface area contributed by atoms with Crippen LogP contribution < -0.4 is 5.32 Å². The van der Waals surface area contributed by atoms with Gasteiger partial charge in [0.15, 0.2) is 10.6 Å². The van der Waals surface area contributed by atoms with Crippen molar-refractivity contribution in [2.45, 2.75) is 52.0 Å². The number of hydrogen-bond donors (Lipinski definition) is 2. The standard InChI is InChI=1S/C21H29N5O2S/c1-16-7-9-17(10-8-16)20-23-24-21(29)26(20)15-11-18(27)22-12-5-14-25-13-4-2-3-6-19(25)28/h7-10H,2-6,11-15H2,1H3,(H,22,27)(H,24,29). The molecule has 156 valence electrons. The minimum atomic E-state index is -0.0230. The lowest BCUT2D eigenvalue weighted by molar-refractivity contribution is -0.130. The van der Waals surface area contributed by atoms with E-state index in [4.69, 9.17) is 12.2 Å². The van der Waals surface area contributed by atoms with Crippen LogP contribution in [0.25, 0.3) is 11.4 Å². The molecule has 7 nitrogen and oxygen atoms in total. The number of likely N-dealkylation sites (tertiary alicyclic amines) is 1. The highest BCUT2D eigenvalue weighted by Gasteiger charge is 2.16. The van der Waals surface area contributed by atoms with Crippen LogP contribution in [0.15, 0.2) is 24.3 Å². The van der Waals surface area contributed by atoms with Gasteiger partial charge in [0.2, 0.25) is 11.8 Å². The van der Waals surface area contributed by atoms with Crippen LogP contribution in [-0.2, 0) is 16.1 Å². The lowest BCUT2D eigenvalue weighted by Crippen LogP contribution is -2.34. The highest BCUT2D eigenvalue weighted by atomic mass is 32.1. The molecule has 8 heteroatoms. The van der Waals surface area contributed by atoms with E-state index < -0.39 is 0 Å². The monoisotopic (exact) mass is 415 g/mol. The van der Waals surface area contributed by atoms with Gasteiger partial charge in [-0.15, -0.1) is 0 Å². The first-order chi connectivity index (χ1) is 14.0. The van der Waals surface area contributed by atoms with Gasteiger partial charge in [0, 0.05) is 44.6 Å². The number of aromatic amines is 1. The summed E-state index contributed by atoms with van der Waals surface area (Å²) >= 11 is 5.33. The molecule has 2 aromatic rings. The number of rotatable bonds is 8. The Hall–Kier alpha value is -2.48. The molecule has 1 aliphatic rings. The number of H-pyrrole nitrogens is 1. The lowest BCUT2D eigenvalue weighted by atomic mass is 10.1. The summed E-state index contributed by atoms with van der Waals surface area (Å²) in [4.78, 5) is 26.2. The Morgan fingerprint density at radius 1 is 1.21 bits per heavy atom. The first-order valence-corrected chi connectivity index (χ1v) is 10.7. The van der Waals surface area contributed by atoms with Gasteiger partial charge in [0.1, 0.15) is 0 Å². The van der Waals surface area contributed by atoms with Crippen molar-refractivity contribution in [3.05, 3.63) is 34.6 Å². The van der Waals surface area contributed by atoms with Crippen molar-refractivity contribution in [3.63, 3.8) is 0 Å². The van der Waals surface area contributed by atoms with Gasteiger partial charge in [-0.3, -0.25) is 19.3 Å². The number of hydrogen-bond acceptors (Lipinski definition) is 4. The van der Waals surface area contributed by atoms with Crippen LogP contribution in [0.5, 0.6) is 0 Å². The number of carbonyl (C=O) groups excluding carboxylic acids is 2. The van der Waals surface area contributed by atoms with Gasteiger partial charge in [-0.2, -0.15) is 5.10 Å². The van der Waals surface area contributed by atoms with E-state index in [9.17, 15) is 9.59 Å². The molecule has 0 saturated carbocycles. The van der Waals surface area contributed by atoms with Gasteiger partial charge in [-0.1, -0.05) is 36.2 Å². The molecule has 1 fully saturated rings. The summed E-state index contributed by atoms with van der Waals surface area (Å²) in [6.07, 6.45) is 4.95. The Bertz CT molecular complexity index is 887. The first-order valence-electron chi connectivity index (χ1n) is 10.3. The van der Waals surface area contributed by atoms with Gasteiger partial charge in [-0.05, 0) is 38.4 Å². The molecule has 2 heterocycles. The predicted octanol–water partition coefficient (Wildman–Crippen LogP) is 3.22. The van der Waals surface area contributed by atoms with Gasteiger partial charge >= 0.3 is 0 Å². The number of aromatic nitrogens is 3. The zero-order valence-electron chi connectivity index (χ0n) is 16.9. The Morgan fingerprint density at radius 3 is 2.79 bits per heavy atom. The van der Waals surface area contributed by atoms with Gasteiger partial charge < -0.3 is 10.2 Å². The quantitative estimate of drug-likeness (QED) is 0.512. The highest BCUT2D eigenvalue weighted by molar-refractivity contribution is 7.71. The van der Waals surface area contributed by atoms with Crippen LogP contribution >= 0.6 is 12.2 Å². The topological polar surface area (TPSA) is 83.0 Å². The van der Waals surface area contributed by atoms with Crippen LogP contribution in [0.3, 0.4) is 0 Å². The molecule has 1 aliphatic heterocycles. The molecular formula is C21H29N5O2S. The van der Waals surface area contributed by atoms with Crippen molar-refractivity contribution in [2.24, 2.45) is 0 Å². The van der Waals surface area contributed by atoms with E-state index in [1.54, 1.807) is 0 Å². The third kappa shape index (κ3) is 6.00. The molecule has 0 bridgehead atoms. The Kier molecular flexibility index (Phi) is 7.57. The number of aryl methyl sites for hydroxylation is 1. The maximum absolute atomic E-state index is 12.2. The van der Waals surface area contributed by atoms with Gasteiger partial charge in [-0.25, -0.2) is 0 Å². The average Bonchev–Trinajstić information content (AvgIpc) is 2.95. The molecular weight excluding hydrogens is 386 g/mol. The largest absolute Gasteiger partial charge is 0.356 e. The Morgan fingerprint density at radius 2 is 2.00 bits per heavy atom. The van der Waals surface area contributed by atoms with E-state index in [-0.39, 0.29) is 11.8 Å². The maximum Gasteiger partial charge on any atom is 0.222 e. The van der Waals surface area contributed by atoms with Crippen LogP contribution in [0.2, 0.25) is 0 Å². The molecule has 0 atom stereocenters. The van der Waals surface area contributed by atoms with E-state index in [1.165, 1.54) is 5.56 Å². The van der Waals surface area contributed by atoms with Gasteiger partial charge in [0.25, 0.3) is 0 Å². The minimum absolute atomic E-state index is 0.0230. The fourth-order valence-electron chi connectivity index (χ4n) is 3.52. The molecule has 29 heavy (non-hydrogen) atoms. The number of benzene rings is 1. The van der Waals surface area contributed by atoms with E-state index in [0.29, 0.717) is 37.2 Å². The Labute approximate surface area is 176 Å². The average molecular weight is 416 g/mol. The summed E-state index contributed by atoms with van der Waals surface area (Å²) in [7, 11) is 0. The summed E-state index contributed by atoms with van der Waals surface area (Å²) in [5, 5.41) is 10.1. The third-order valence-corrected chi connectivity index (χ3v) is 5.54. The molecule has 0 spiro atoms. The highest BCUT2D eigenvalue weighted by Crippen LogP contribution is 2.18. The number of amides is 2. The second-order valence-corrected chi connectivity index (χ2v) is 7.90. The minimum Gasteiger partial charge on any atom is -0.356 e. The zero-order valence-corrected chi connectivity index (χ0v) is 17.8. The first kappa shape index (κ1) is 21.2. The van der Waals surface area contributed by atoms with Crippen molar-refractivity contribution in [1.29, 1.82) is 0 Å². The van der Waals surface area contributed by atoms with Crippen molar-refractivity contribution >= 4 is 24.0 Å². The summed E-state index contributed by atoms with van der Waals surface area (Å²) < 4.78 is 2.36. The van der Waals surface area contributed by atoms with E-state index in [2.05, 4.69) is 15.5 Å². The van der Waals surface area contributed by atoms with Crippen LogP contribution in [0, 0.1) is 11.7 Å². The second-order valence-electron chi connectivity index (χ2n) is 7.51. The molecule has 2 N–H and O–H groups in total. The van der Waals surface area contributed by atoms with Crippen LogP contribution in [-0.4, -0.2) is 51.1 Å². The molecule has 2 amide bonds. The van der Waals surface area contributed by atoms with Crippen LogP contribution in [0.4, 0.5) is 0 Å². The predicted molar refractivity (Wildman–Crippen MR) is 115 cm³/mol. The zero-order chi connectivity index (χ0) is 20.6. The van der Waals surface area contributed by atoms with Gasteiger partial charge in [0.05, 0.1) is 0 Å². The van der Waals surface area contributed by atoms with Crippen molar-refractivity contribution in [2.75, 3.05) is 19.6 Å².